The van der Waals surface area contributed by atoms with E-state index < -0.39 is 41.0 Å². The summed E-state index contributed by atoms with van der Waals surface area (Å²) in [5, 5.41) is 31.1. The molecule has 0 fully saturated rings. The van der Waals surface area contributed by atoms with Gasteiger partial charge in [-0.1, -0.05) is 36.1 Å². The van der Waals surface area contributed by atoms with Gasteiger partial charge in [0.25, 0.3) is 0 Å². The molecule has 0 amide bonds. The van der Waals surface area contributed by atoms with Crippen LogP contribution in [0.15, 0.2) is 91.4 Å². The smallest absolute Gasteiger partial charge is 0.323 e. The van der Waals surface area contributed by atoms with Gasteiger partial charge in [-0.25, -0.2) is 13.5 Å². The number of tetrazole rings is 1. The average molecular weight is 661 g/mol. The summed E-state index contributed by atoms with van der Waals surface area (Å²) >= 11 is 0. The second kappa shape index (κ2) is 14.7. The number of ether oxygens (including phenoxy) is 1. The van der Waals surface area contributed by atoms with E-state index in [-0.39, 0.29) is 6.10 Å². The Labute approximate surface area is 274 Å². The highest BCUT2D eigenvalue weighted by Crippen LogP contribution is 2.46. The molecule has 3 aromatic carbocycles. The highest BCUT2D eigenvalue weighted by Gasteiger charge is 2.58. The number of benzene rings is 3. The Morgan fingerprint density at radius 3 is 2.25 bits per heavy atom. The normalized spacial score (nSPS) is 13.4. The highest BCUT2D eigenvalue weighted by molar-refractivity contribution is 5.44. The number of likely N-dealkylation sites (N-methyl/N-ethyl adjacent to an activating group) is 1. The number of hydrogen-bond acceptors (Lipinski definition) is 8. The van der Waals surface area contributed by atoms with Crippen LogP contribution in [0.5, 0.6) is 5.75 Å². The molecule has 0 aliphatic rings. The first-order valence-electron chi connectivity index (χ1n) is 14.9. The van der Waals surface area contributed by atoms with Crippen LogP contribution in [0, 0.1) is 23.5 Å². The van der Waals surface area contributed by atoms with Gasteiger partial charge in [0, 0.05) is 42.0 Å². The zero-order valence-electron chi connectivity index (χ0n) is 26.1. The first-order chi connectivity index (χ1) is 22.9. The van der Waals surface area contributed by atoms with Crippen LogP contribution in [-0.4, -0.2) is 60.0 Å². The largest absolute Gasteiger partial charge is 0.489 e. The lowest BCUT2D eigenvalue weighted by Gasteiger charge is -2.35. The van der Waals surface area contributed by atoms with Crippen molar-refractivity contribution in [2.24, 2.45) is 0 Å². The van der Waals surface area contributed by atoms with Gasteiger partial charge in [-0.15, -0.1) is 5.10 Å². The van der Waals surface area contributed by atoms with Crippen LogP contribution in [0.3, 0.4) is 0 Å². The molecule has 0 aliphatic heterocycles. The zero-order chi connectivity index (χ0) is 34.3. The number of aliphatic hydroxyl groups excluding tert-OH is 1. The molecule has 5 aromatic rings. The molecule has 0 radical (unpaired) electrons. The van der Waals surface area contributed by atoms with E-state index in [1.54, 1.807) is 31.2 Å². The van der Waals surface area contributed by atoms with Crippen molar-refractivity contribution < 1.29 is 32.5 Å². The molecule has 2 aromatic heterocycles. The van der Waals surface area contributed by atoms with E-state index in [0.717, 1.165) is 53.1 Å². The van der Waals surface area contributed by atoms with Crippen molar-refractivity contribution in [2.45, 2.75) is 44.2 Å². The fourth-order valence-electron chi connectivity index (χ4n) is 5.04. The predicted octanol–water partition coefficient (Wildman–Crippen LogP) is 4.82. The number of hydrogen-bond donors (Lipinski definition) is 2. The van der Waals surface area contributed by atoms with Gasteiger partial charge in [0.2, 0.25) is 0 Å². The Hall–Kier alpha value is -5.16. The summed E-state index contributed by atoms with van der Waals surface area (Å²) in [7, 11) is 1.96. The molecule has 2 atom stereocenters. The molecule has 5 rings (SSSR count). The van der Waals surface area contributed by atoms with Gasteiger partial charge in [-0.2, -0.15) is 8.78 Å². The summed E-state index contributed by atoms with van der Waals surface area (Å²) in [6.07, 6.45) is 1.71. The van der Waals surface area contributed by atoms with Crippen molar-refractivity contribution in [1.82, 2.24) is 30.1 Å². The number of nitrogens with zero attached hydrogens (tertiary/aromatic N) is 6. The minimum atomic E-state index is -4.17. The molecule has 48 heavy (non-hydrogen) atoms. The van der Waals surface area contributed by atoms with Gasteiger partial charge in [0.15, 0.2) is 5.60 Å². The number of alkyl halides is 2. The lowest BCUT2D eigenvalue weighted by atomic mass is 9.84. The lowest BCUT2D eigenvalue weighted by molar-refractivity contribution is -0.207. The maximum Gasteiger partial charge on any atom is 0.323 e. The molecule has 2 N–H and O–H groups in total. The number of aliphatic hydroxyl groups is 2. The first-order valence-corrected chi connectivity index (χ1v) is 14.9. The van der Waals surface area contributed by atoms with Crippen molar-refractivity contribution in [2.75, 3.05) is 13.6 Å². The SMILES string of the molecule is CC(O)CN(C)Cc1ccc(COc2ccc(C#Cc3ccc(C(F)(F)C(O)(Cn4cnnn4)c4ccc(F)cc4F)nc3)cc2)cc1. The van der Waals surface area contributed by atoms with Gasteiger partial charge in [0.1, 0.15) is 36.0 Å². The van der Waals surface area contributed by atoms with Crippen LogP contribution >= 0.6 is 0 Å². The molecular weight excluding hydrogens is 628 g/mol. The van der Waals surface area contributed by atoms with Crippen molar-refractivity contribution in [1.29, 1.82) is 0 Å². The standard InChI is InChI=1S/C35H32F4N6O3/c1-24(46)19-44(2)20-27-5-7-28(8-6-27)21-48-30-13-9-25(10-14-30)3-4-26-11-16-33(40-18-26)35(38,39)34(47,22-45-23-41-42-43-45)31-15-12-29(36)17-32(31)37/h5-18,23-24,46-47H,19-22H2,1-2H3. The van der Waals surface area contributed by atoms with Gasteiger partial charge >= 0.3 is 5.92 Å². The van der Waals surface area contributed by atoms with Crippen molar-refractivity contribution in [3.63, 3.8) is 0 Å². The molecule has 2 heterocycles. The van der Waals surface area contributed by atoms with Crippen LogP contribution in [0.25, 0.3) is 0 Å². The Morgan fingerprint density at radius 2 is 1.62 bits per heavy atom. The lowest BCUT2D eigenvalue weighted by Crippen LogP contribution is -2.48. The van der Waals surface area contributed by atoms with E-state index in [0.29, 0.717) is 36.1 Å². The molecule has 248 valence electrons. The van der Waals surface area contributed by atoms with Crippen LogP contribution in [-0.2, 0) is 31.2 Å². The number of aromatic nitrogens is 5. The maximum atomic E-state index is 15.9. The minimum absolute atomic E-state index is 0.312. The van der Waals surface area contributed by atoms with Crippen LogP contribution in [0.4, 0.5) is 17.6 Å². The van der Waals surface area contributed by atoms with Crippen LogP contribution in [0.2, 0.25) is 0 Å². The fraction of sp³-hybridized carbons (Fsp3) is 0.257. The summed E-state index contributed by atoms with van der Waals surface area (Å²) in [4.78, 5) is 5.88. The highest BCUT2D eigenvalue weighted by atomic mass is 19.3. The van der Waals surface area contributed by atoms with E-state index >= 15 is 8.78 Å². The molecule has 0 saturated carbocycles. The quantitative estimate of drug-likeness (QED) is 0.145. The van der Waals surface area contributed by atoms with Crippen LogP contribution in [0.1, 0.15) is 40.4 Å². The molecule has 2 unspecified atom stereocenters. The zero-order valence-corrected chi connectivity index (χ0v) is 26.1. The molecule has 0 saturated heterocycles. The predicted molar refractivity (Wildman–Crippen MR) is 167 cm³/mol. The van der Waals surface area contributed by atoms with E-state index in [9.17, 15) is 19.0 Å². The van der Waals surface area contributed by atoms with Crippen molar-refractivity contribution >= 4 is 0 Å². The Morgan fingerprint density at radius 1 is 0.938 bits per heavy atom. The fourth-order valence-corrected chi connectivity index (χ4v) is 5.04. The van der Waals surface area contributed by atoms with Crippen molar-refractivity contribution in [3.8, 4) is 17.6 Å². The Bertz CT molecular complexity index is 1860. The second-order valence-electron chi connectivity index (χ2n) is 11.4. The third-order valence-electron chi connectivity index (χ3n) is 7.43. The minimum Gasteiger partial charge on any atom is -0.489 e. The molecule has 0 aliphatic carbocycles. The monoisotopic (exact) mass is 660 g/mol. The Balaban J connectivity index is 1.23. The van der Waals surface area contributed by atoms with Crippen molar-refractivity contribution in [3.05, 3.63) is 137 Å². The first kappa shape index (κ1) is 34.2. The third kappa shape index (κ3) is 8.21. The summed E-state index contributed by atoms with van der Waals surface area (Å²) in [5.41, 5.74) is -1.87. The second-order valence-corrected chi connectivity index (χ2v) is 11.4. The molecule has 9 nitrogen and oxygen atoms in total. The summed E-state index contributed by atoms with van der Waals surface area (Å²) in [6.45, 7) is 2.50. The topological polar surface area (TPSA) is 109 Å². The van der Waals surface area contributed by atoms with Gasteiger partial charge in [0.05, 0.1) is 12.6 Å². The third-order valence-corrected chi connectivity index (χ3v) is 7.43. The number of halogens is 4. The van der Waals surface area contributed by atoms with Gasteiger partial charge in [-0.05, 0) is 84.1 Å². The van der Waals surface area contributed by atoms with E-state index in [1.807, 2.05) is 36.2 Å². The average Bonchev–Trinajstić information content (AvgIpc) is 3.56. The molecular formula is C35H32F4N6O3. The summed E-state index contributed by atoms with van der Waals surface area (Å²) in [6, 6.07) is 19.3. The van der Waals surface area contributed by atoms with E-state index in [2.05, 4.69) is 32.4 Å². The molecule has 0 spiro atoms. The maximum absolute atomic E-state index is 15.9. The number of rotatable bonds is 12. The molecule has 13 heteroatoms. The Kier molecular flexibility index (Phi) is 10.5. The van der Waals surface area contributed by atoms with E-state index in [1.165, 1.54) is 6.07 Å². The number of pyridine rings is 1. The van der Waals surface area contributed by atoms with E-state index in [4.69, 9.17) is 4.74 Å². The van der Waals surface area contributed by atoms with Crippen LogP contribution < -0.4 is 4.74 Å². The summed E-state index contributed by atoms with van der Waals surface area (Å²) in [5.74, 6) is -0.0974. The van der Waals surface area contributed by atoms with Gasteiger partial charge < -0.3 is 14.9 Å². The van der Waals surface area contributed by atoms with Gasteiger partial charge in [-0.3, -0.25) is 9.88 Å². The summed E-state index contributed by atoms with van der Waals surface area (Å²) < 4.78 is 66.9. The molecule has 0 bridgehead atoms.